The Labute approximate surface area is 183 Å². The molecule has 3 aromatic rings. The first-order valence-corrected chi connectivity index (χ1v) is 10.4. The van der Waals surface area contributed by atoms with Crippen molar-refractivity contribution in [2.45, 2.75) is 26.2 Å². The Morgan fingerprint density at radius 2 is 1.97 bits per heavy atom. The fourth-order valence-corrected chi connectivity index (χ4v) is 4.07. The van der Waals surface area contributed by atoms with E-state index in [0.29, 0.717) is 0 Å². The lowest BCUT2D eigenvalue weighted by atomic mass is 10.0. The minimum atomic E-state index is 0.250. The summed E-state index contributed by atoms with van der Waals surface area (Å²) < 4.78 is 0. The van der Waals surface area contributed by atoms with Crippen molar-refractivity contribution in [1.82, 2.24) is 15.3 Å². The predicted octanol–water partition coefficient (Wildman–Crippen LogP) is 3.41. The van der Waals surface area contributed by atoms with Gasteiger partial charge in [0, 0.05) is 43.7 Å². The number of aromatic nitrogens is 2. The number of benzene rings is 1. The Kier molecular flexibility index (Phi) is 7.65. The third kappa shape index (κ3) is 5.43. The lowest BCUT2D eigenvalue weighted by Gasteiger charge is -2.22. The van der Waals surface area contributed by atoms with E-state index in [4.69, 9.17) is 14.6 Å². The summed E-state index contributed by atoms with van der Waals surface area (Å²) in [4.78, 5) is 27.9. The van der Waals surface area contributed by atoms with Gasteiger partial charge in [0.2, 0.25) is 0 Å². The summed E-state index contributed by atoms with van der Waals surface area (Å²) in [5.74, 6) is 1.11. The van der Waals surface area contributed by atoms with Crippen LogP contribution < -0.4 is 10.2 Å². The highest BCUT2D eigenvalue weighted by atomic mass is 16.2. The van der Waals surface area contributed by atoms with Crippen molar-refractivity contribution in [1.29, 1.82) is 0 Å². The number of fused-ring (bicyclic) bond motifs is 3. The molecule has 0 aliphatic heterocycles. The van der Waals surface area contributed by atoms with E-state index in [1.165, 1.54) is 33.4 Å². The molecule has 0 unspecified atom stereocenters. The van der Waals surface area contributed by atoms with Gasteiger partial charge in [-0.05, 0) is 67.7 Å². The molecule has 0 fully saturated rings. The third-order valence-electron chi connectivity index (χ3n) is 5.44. The van der Waals surface area contributed by atoms with Crippen molar-refractivity contribution in [2.75, 3.05) is 32.1 Å². The SMILES string of the molecule is CNCCCN(C)c1nc(Cc2cccnc2)cc2c1-c1ccc(C)cc1C2.O=C=O. The summed E-state index contributed by atoms with van der Waals surface area (Å²) in [7, 11) is 4.17. The maximum absolute atomic E-state index is 8.12. The third-order valence-corrected chi connectivity index (χ3v) is 5.44. The molecular formula is C25H28N4O2. The van der Waals surface area contributed by atoms with E-state index in [1.54, 1.807) is 0 Å². The molecule has 31 heavy (non-hydrogen) atoms. The van der Waals surface area contributed by atoms with Crippen LogP contribution in [0.4, 0.5) is 5.82 Å². The van der Waals surface area contributed by atoms with Crippen LogP contribution in [-0.4, -0.2) is 43.3 Å². The molecule has 1 aromatic carbocycles. The quantitative estimate of drug-likeness (QED) is 0.466. The number of aryl methyl sites for hydroxylation is 1. The molecule has 0 saturated carbocycles. The zero-order valence-electron chi connectivity index (χ0n) is 18.3. The normalized spacial score (nSPS) is 11.1. The molecule has 1 aliphatic rings. The molecule has 4 rings (SSSR count). The molecular weight excluding hydrogens is 388 g/mol. The van der Waals surface area contributed by atoms with Crippen LogP contribution in [-0.2, 0) is 22.4 Å². The molecule has 2 heterocycles. The summed E-state index contributed by atoms with van der Waals surface area (Å²) >= 11 is 0. The largest absolute Gasteiger partial charge is 0.373 e. The zero-order chi connectivity index (χ0) is 22.2. The molecule has 0 atom stereocenters. The van der Waals surface area contributed by atoms with Crippen LogP contribution in [0.15, 0.2) is 48.8 Å². The molecule has 1 aliphatic carbocycles. The molecule has 0 spiro atoms. The maximum atomic E-state index is 8.12. The Hall–Kier alpha value is -3.34. The highest BCUT2D eigenvalue weighted by Gasteiger charge is 2.25. The first-order valence-electron chi connectivity index (χ1n) is 10.4. The Balaban J connectivity index is 0.000000858. The minimum Gasteiger partial charge on any atom is -0.359 e. The number of nitrogens with zero attached hydrogens (tertiary/aromatic N) is 3. The van der Waals surface area contributed by atoms with E-state index in [0.717, 1.165) is 43.9 Å². The molecule has 0 bridgehead atoms. The first-order chi connectivity index (χ1) is 15.1. The molecule has 1 N–H and O–H groups in total. The van der Waals surface area contributed by atoms with Gasteiger partial charge in [-0.15, -0.1) is 0 Å². The summed E-state index contributed by atoms with van der Waals surface area (Å²) in [6, 6.07) is 13.2. The number of nitrogens with one attached hydrogen (secondary N) is 1. The van der Waals surface area contributed by atoms with Gasteiger partial charge in [-0.1, -0.05) is 29.8 Å². The lowest BCUT2D eigenvalue weighted by Crippen LogP contribution is -2.24. The van der Waals surface area contributed by atoms with E-state index in [9.17, 15) is 0 Å². The predicted molar refractivity (Wildman–Crippen MR) is 121 cm³/mol. The summed E-state index contributed by atoms with van der Waals surface area (Å²) in [6.07, 6.45) is 6.90. The minimum absolute atomic E-state index is 0.250. The van der Waals surface area contributed by atoms with Gasteiger partial charge >= 0.3 is 6.15 Å². The van der Waals surface area contributed by atoms with Crippen LogP contribution in [0, 0.1) is 6.92 Å². The van der Waals surface area contributed by atoms with Crippen molar-refractivity contribution in [3.05, 3.63) is 76.7 Å². The molecule has 2 aromatic heterocycles. The smallest absolute Gasteiger partial charge is 0.359 e. The first kappa shape index (κ1) is 22.3. The highest BCUT2D eigenvalue weighted by molar-refractivity contribution is 5.85. The van der Waals surface area contributed by atoms with Crippen LogP contribution in [0.1, 0.15) is 34.4 Å². The molecule has 0 radical (unpaired) electrons. The van der Waals surface area contributed by atoms with E-state index in [-0.39, 0.29) is 6.15 Å². The van der Waals surface area contributed by atoms with Gasteiger partial charge in [0.15, 0.2) is 0 Å². The van der Waals surface area contributed by atoms with Crippen molar-refractivity contribution in [3.8, 4) is 11.1 Å². The number of carbonyl (C=O) groups excluding carboxylic acids is 2. The standard InChI is InChI=1S/C24H28N4.CO2/c1-17-7-8-22-19(12-17)14-20-15-21(13-18-6-4-10-26-16-18)27-24(23(20)22)28(3)11-5-9-25-2;2-1-3/h4,6-8,10,12,15-16,25H,5,9,11,13-14H2,1-3H3;. The Morgan fingerprint density at radius 1 is 1.16 bits per heavy atom. The van der Waals surface area contributed by atoms with Crippen LogP contribution in [0.25, 0.3) is 11.1 Å². The van der Waals surface area contributed by atoms with Gasteiger partial charge < -0.3 is 10.2 Å². The van der Waals surface area contributed by atoms with Gasteiger partial charge in [0.1, 0.15) is 5.82 Å². The van der Waals surface area contributed by atoms with Crippen molar-refractivity contribution < 1.29 is 9.59 Å². The number of anilines is 1. The van der Waals surface area contributed by atoms with Crippen LogP contribution in [0.3, 0.4) is 0 Å². The summed E-state index contributed by atoms with van der Waals surface area (Å²) in [6.45, 7) is 4.16. The monoisotopic (exact) mass is 416 g/mol. The number of rotatable bonds is 7. The second kappa shape index (κ2) is 10.6. The number of pyridine rings is 2. The number of hydrogen-bond donors (Lipinski definition) is 1. The van der Waals surface area contributed by atoms with E-state index >= 15 is 0 Å². The topological polar surface area (TPSA) is 75.2 Å². The van der Waals surface area contributed by atoms with Gasteiger partial charge in [0.25, 0.3) is 0 Å². The molecule has 0 amide bonds. The molecule has 6 nitrogen and oxygen atoms in total. The van der Waals surface area contributed by atoms with E-state index < -0.39 is 0 Å². The fourth-order valence-electron chi connectivity index (χ4n) is 4.07. The molecule has 0 saturated heterocycles. The Bertz CT molecular complexity index is 1060. The van der Waals surface area contributed by atoms with Crippen LogP contribution in [0.2, 0.25) is 0 Å². The number of hydrogen-bond acceptors (Lipinski definition) is 6. The average molecular weight is 417 g/mol. The van der Waals surface area contributed by atoms with Crippen LogP contribution in [0.5, 0.6) is 0 Å². The van der Waals surface area contributed by atoms with Crippen LogP contribution >= 0.6 is 0 Å². The average Bonchev–Trinajstić information content (AvgIpc) is 3.11. The van der Waals surface area contributed by atoms with Gasteiger partial charge in [0.05, 0.1) is 0 Å². The van der Waals surface area contributed by atoms with Crippen molar-refractivity contribution >= 4 is 12.0 Å². The van der Waals surface area contributed by atoms with Gasteiger partial charge in [-0.25, -0.2) is 4.98 Å². The second-order valence-corrected chi connectivity index (χ2v) is 7.81. The van der Waals surface area contributed by atoms with Crippen molar-refractivity contribution in [3.63, 3.8) is 0 Å². The van der Waals surface area contributed by atoms with E-state index in [1.807, 2.05) is 25.5 Å². The maximum Gasteiger partial charge on any atom is 0.373 e. The fraction of sp³-hybridized carbons (Fsp3) is 0.320. The van der Waals surface area contributed by atoms with Gasteiger partial charge in [-0.2, -0.15) is 9.59 Å². The molecule has 6 heteroatoms. The van der Waals surface area contributed by atoms with E-state index in [2.05, 4.69) is 59.5 Å². The van der Waals surface area contributed by atoms with Crippen molar-refractivity contribution in [2.24, 2.45) is 0 Å². The molecule has 160 valence electrons. The second-order valence-electron chi connectivity index (χ2n) is 7.81. The lowest BCUT2D eigenvalue weighted by molar-refractivity contribution is -0.191. The summed E-state index contributed by atoms with van der Waals surface area (Å²) in [5, 5.41) is 3.24. The van der Waals surface area contributed by atoms with Gasteiger partial charge in [-0.3, -0.25) is 4.98 Å². The Morgan fingerprint density at radius 3 is 2.68 bits per heavy atom. The zero-order valence-corrected chi connectivity index (χ0v) is 18.3. The highest BCUT2D eigenvalue weighted by Crippen LogP contribution is 2.42. The summed E-state index contributed by atoms with van der Waals surface area (Å²) in [5.41, 5.74) is 9.11.